The van der Waals surface area contributed by atoms with Crippen molar-refractivity contribution < 1.29 is 9.53 Å². The summed E-state index contributed by atoms with van der Waals surface area (Å²) >= 11 is 4.99. The van der Waals surface area contributed by atoms with Crippen molar-refractivity contribution in [3.63, 3.8) is 0 Å². The van der Waals surface area contributed by atoms with E-state index in [1.807, 2.05) is 25.2 Å². The Labute approximate surface area is 125 Å². The Kier molecular flexibility index (Phi) is 6.41. The third kappa shape index (κ3) is 4.79. The van der Waals surface area contributed by atoms with Gasteiger partial charge in [-0.1, -0.05) is 12.2 Å². The molecular weight excluding hydrogens is 274 g/mol. The number of carbonyl (C=O) groups is 1. The van der Waals surface area contributed by atoms with Gasteiger partial charge in [-0.25, -0.2) is 0 Å². The maximum atomic E-state index is 11.2. The normalized spacial score (nSPS) is 10.4. The number of ether oxygens (including phenoxy) is 1. The highest BCUT2D eigenvalue weighted by atomic mass is 32.1. The third-order valence-corrected chi connectivity index (χ3v) is 3.24. The van der Waals surface area contributed by atoms with Gasteiger partial charge in [0.05, 0.1) is 7.11 Å². The first kappa shape index (κ1) is 16.4. The summed E-state index contributed by atoms with van der Waals surface area (Å²) in [5.41, 5.74) is 7.46. The zero-order valence-corrected chi connectivity index (χ0v) is 12.9. The number of methoxy groups -OCH3 is 1. The molecule has 5 nitrogen and oxygen atoms in total. The molecule has 0 fully saturated rings. The predicted molar refractivity (Wildman–Crippen MR) is 83.9 cm³/mol. The summed E-state index contributed by atoms with van der Waals surface area (Å²) in [6, 6.07) is 5.63. The summed E-state index contributed by atoms with van der Waals surface area (Å²) in [6.07, 6.45) is 0.463. The number of nitrogens with two attached hydrogens (primary N) is 1. The number of hydrogen-bond acceptors (Lipinski definition) is 4. The molecule has 1 aromatic carbocycles. The Morgan fingerprint density at radius 2 is 2.20 bits per heavy atom. The molecule has 0 aliphatic heterocycles. The van der Waals surface area contributed by atoms with Crippen LogP contribution in [0, 0.1) is 0 Å². The molecular formula is C14H21N3O2S. The molecule has 0 aliphatic carbocycles. The zero-order chi connectivity index (χ0) is 15.1. The molecule has 0 radical (unpaired) electrons. The van der Waals surface area contributed by atoms with Crippen LogP contribution in [0.1, 0.15) is 17.5 Å². The van der Waals surface area contributed by atoms with Gasteiger partial charge < -0.3 is 20.7 Å². The van der Waals surface area contributed by atoms with E-state index in [2.05, 4.69) is 10.2 Å². The van der Waals surface area contributed by atoms with Crippen LogP contribution < -0.4 is 15.8 Å². The number of nitrogens with zero attached hydrogens (tertiary/aromatic N) is 1. The SMILES string of the molecule is CNC(=O)CCN(C)Cc1cc(C(N)=S)ccc1OC. The van der Waals surface area contributed by atoms with E-state index in [9.17, 15) is 4.79 Å². The number of amides is 1. The van der Waals surface area contributed by atoms with Gasteiger partial charge in [0.25, 0.3) is 0 Å². The van der Waals surface area contributed by atoms with Crippen LogP contribution in [0.5, 0.6) is 5.75 Å². The summed E-state index contributed by atoms with van der Waals surface area (Å²) < 4.78 is 5.34. The van der Waals surface area contributed by atoms with Crippen LogP contribution in [-0.4, -0.2) is 43.5 Å². The number of carbonyl (C=O) groups excluding carboxylic acids is 1. The van der Waals surface area contributed by atoms with Crippen LogP contribution in [0.4, 0.5) is 0 Å². The molecule has 0 spiro atoms. The Hall–Kier alpha value is -1.66. The van der Waals surface area contributed by atoms with E-state index >= 15 is 0 Å². The van der Waals surface area contributed by atoms with E-state index in [4.69, 9.17) is 22.7 Å². The van der Waals surface area contributed by atoms with Crippen molar-refractivity contribution in [3.8, 4) is 5.75 Å². The van der Waals surface area contributed by atoms with Crippen molar-refractivity contribution in [2.45, 2.75) is 13.0 Å². The van der Waals surface area contributed by atoms with Gasteiger partial charge in [-0.2, -0.15) is 0 Å². The van der Waals surface area contributed by atoms with Gasteiger partial charge in [0.1, 0.15) is 10.7 Å². The Bertz CT molecular complexity index is 491. The fourth-order valence-corrected chi connectivity index (χ4v) is 1.97. The summed E-state index contributed by atoms with van der Waals surface area (Å²) in [4.78, 5) is 13.7. The van der Waals surface area contributed by atoms with Gasteiger partial charge in [0, 0.05) is 37.7 Å². The fraction of sp³-hybridized carbons (Fsp3) is 0.429. The van der Waals surface area contributed by atoms with Crippen molar-refractivity contribution in [2.75, 3.05) is 27.7 Å². The molecule has 110 valence electrons. The van der Waals surface area contributed by atoms with Crippen LogP contribution >= 0.6 is 12.2 Å². The summed E-state index contributed by atoms with van der Waals surface area (Å²) in [5.74, 6) is 0.817. The second-order valence-corrected chi connectivity index (χ2v) is 4.99. The van der Waals surface area contributed by atoms with Crippen LogP contribution in [0.3, 0.4) is 0 Å². The Balaban J connectivity index is 2.76. The maximum Gasteiger partial charge on any atom is 0.221 e. The lowest BCUT2D eigenvalue weighted by Crippen LogP contribution is -2.26. The van der Waals surface area contributed by atoms with Gasteiger partial charge in [-0.3, -0.25) is 4.79 Å². The van der Waals surface area contributed by atoms with Crippen LogP contribution in [0.2, 0.25) is 0 Å². The summed E-state index contributed by atoms with van der Waals surface area (Å²) in [6.45, 7) is 1.33. The second-order valence-electron chi connectivity index (χ2n) is 4.55. The smallest absolute Gasteiger partial charge is 0.221 e. The van der Waals surface area contributed by atoms with Gasteiger partial charge in [0.2, 0.25) is 5.91 Å². The summed E-state index contributed by atoms with van der Waals surface area (Å²) in [5, 5.41) is 2.61. The lowest BCUT2D eigenvalue weighted by atomic mass is 10.1. The molecule has 0 aliphatic rings. The van der Waals surface area contributed by atoms with Crippen molar-refractivity contribution in [1.29, 1.82) is 0 Å². The standard InChI is InChI=1S/C14H21N3O2S/c1-16-13(18)6-7-17(2)9-11-8-10(14(15)20)4-5-12(11)19-3/h4-5,8H,6-7,9H2,1-3H3,(H2,15,20)(H,16,18). The summed E-state index contributed by atoms with van der Waals surface area (Å²) in [7, 11) is 5.22. The number of hydrogen-bond donors (Lipinski definition) is 2. The minimum Gasteiger partial charge on any atom is -0.496 e. The van der Waals surface area contributed by atoms with Gasteiger partial charge in [-0.15, -0.1) is 0 Å². The molecule has 1 rings (SSSR count). The molecule has 0 unspecified atom stereocenters. The molecule has 0 aromatic heterocycles. The maximum absolute atomic E-state index is 11.2. The van der Waals surface area contributed by atoms with E-state index in [1.54, 1.807) is 14.2 Å². The largest absolute Gasteiger partial charge is 0.496 e. The molecule has 20 heavy (non-hydrogen) atoms. The van der Waals surface area contributed by atoms with Crippen molar-refractivity contribution in [1.82, 2.24) is 10.2 Å². The van der Waals surface area contributed by atoms with E-state index in [0.29, 0.717) is 24.5 Å². The third-order valence-electron chi connectivity index (χ3n) is 3.00. The second kappa shape index (κ2) is 7.81. The Morgan fingerprint density at radius 1 is 1.50 bits per heavy atom. The van der Waals surface area contributed by atoms with Crippen LogP contribution in [-0.2, 0) is 11.3 Å². The van der Waals surface area contributed by atoms with E-state index < -0.39 is 0 Å². The van der Waals surface area contributed by atoms with E-state index in [0.717, 1.165) is 16.9 Å². The minimum absolute atomic E-state index is 0.0284. The first-order valence-electron chi connectivity index (χ1n) is 6.33. The first-order chi connectivity index (χ1) is 9.47. The quantitative estimate of drug-likeness (QED) is 0.732. The minimum atomic E-state index is 0.0284. The highest BCUT2D eigenvalue weighted by Crippen LogP contribution is 2.21. The van der Waals surface area contributed by atoms with Gasteiger partial charge in [0.15, 0.2) is 0 Å². The van der Waals surface area contributed by atoms with Crippen LogP contribution in [0.25, 0.3) is 0 Å². The van der Waals surface area contributed by atoms with Crippen molar-refractivity contribution in [3.05, 3.63) is 29.3 Å². The molecule has 0 heterocycles. The van der Waals surface area contributed by atoms with Gasteiger partial charge in [-0.05, 0) is 25.2 Å². The number of benzene rings is 1. The monoisotopic (exact) mass is 295 g/mol. The number of nitrogens with one attached hydrogen (secondary N) is 1. The average Bonchev–Trinajstić information content (AvgIpc) is 2.44. The highest BCUT2D eigenvalue weighted by molar-refractivity contribution is 7.80. The Morgan fingerprint density at radius 3 is 2.75 bits per heavy atom. The predicted octanol–water partition coefficient (Wildman–Crippen LogP) is 0.897. The lowest BCUT2D eigenvalue weighted by molar-refractivity contribution is -0.120. The highest BCUT2D eigenvalue weighted by Gasteiger charge is 2.10. The first-order valence-corrected chi connectivity index (χ1v) is 6.74. The molecule has 0 saturated carbocycles. The van der Waals surface area contributed by atoms with E-state index in [1.165, 1.54) is 0 Å². The lowest BCUT2D eigenvalue weighted by Gasteiger charge is -2.18. The molecule has 3 N–H and O–H groups in total. The molecule has 1 aromatic rings. The number of thiocarbonyl (C=S) groups is 1. The topological polar surface area (TPSA) is 67.6 Å². The zero-order valence-electron chi connectivity index (χ0n) is 12.1. The molecule has 1 amide bonds. The molecule has 0 saturated heterocycles. The fourth-order valence-electron chi connectivity index (χ4n) is 1.84. The van der Waals surface area contributed by atoms with Crippen molar-refractivity contribution >= 4 is 23.1 Å². The van der Waals surface area contributed by atoms with E-state index in [-0.39, 0.29) is 5.91 Å². The number of rotatable bonds is 7. The average molecular weight is 295 g/mol. The van der Waals surface area contributed by atoms with Crippen molar-refractivity contribution in [2.24, 2.45) is 5.73 Å². The van der Waals surface area contributed by atoms with Gasteiger partial charge >= 0.3 is 0 Å². The molecule has 6 heteroatoms. The van der Waals surface area contributed by atoms with Crippen LogP contribution in [0.15, 0.2) is 18.2 Å². The molecule has 0 bridgehead atoms. The molecule has 0 atom stereocenters.